The van der Waals surface area contributed by atoms with Gasteiger partial charge in [0.2, 0.25) is 0 Å². The standard InChI is InChI=1S/C14H16FNO2S/c1-2-3-14-16-11(9-19-14)8-18-13-5-4-10(7-17)6-12(13)15/h4-6,9,17H,2-3,7-8H2,1H3. The van der Waals surface area contributed by atoms with Gasteiger partial charge in [0.25, 0.3) is 0 Å². The molecule has 19 heavy (non-hydrogen) atoms. The Morgan fingerprint density at radius 3 is 2.95 bits per heavy atom. The molecule has 2 aromatic rings. The van der Waals surface area contributed by atoms with Crippen molar-refractivity contribution in [2.45, 2.75) is 33.0 Å². The van der Waals surface area contributed by atoms with Crippen LogP contribution >= 0.6 is 11.3 Å². The molecule has 0 spiro atoms. The Bertz CT molecular complexity index is 542. The smallest absolute Gasteiger partial charge is 0.165 e. The summed E-state index contributed by atoms with van der Waals surface area (Å²) in [7, 11) is 0. The summed E-state index contributed by atoms with van der Waals surface area (Å²) < 4.78 is 19.0. The monoisotopic (exact) mass is 281 g/mol. The van der Waals surface area contributed by atoms with Gasteiger partial charge in [-0.25, -0.2) is 9.37 Å². The average molecular weight is 281 g/mol. The number of hydrogen-bond acceptors (Lipinski definition) is 4. The largest absolute Gasteiger partial charge is 0.484 e. The minimum Gasteiger partial charge on any atom is -0.484 e. The van der Waals surface area contributed by atoms with E-state index in [1.807, 2.05) is 5.38 Å². The number of aliphatic hydroxyl groups excluding tert-OH is 1. The fourth-order valence-electron chi connectivity index (χ4n) is 1.66. The first kappa shape index (κ1) is 14.0. The minimum atomic E-state index is -0.462. The van der Waals surface area contributed by atoms with Gasteiger partial charge >= 0.3 is 0 Å². The molecule has 0 amide bonds. The van der Waals surface area contributed by atoms with E-state index in [-0.39, 0.29) is 19.0 Å². The summed E-state index contributed by atoms with van der Waals surface area (Å²) in [5.41, 5.74) is 1.35. The highest BCUT2D eigenvalue weighted by Gasteiger charge is 2.07. The Balaban J connectivity index is 1.97. The first-order valence-corrected chi connectivity index (χ1v) is 7.06. The summed E-state index contributed by atoms with van der Waals surface area (Å²) in [6.45, 7) is 2.19. The van der Waals surface area contributed by atoms with Crippen LogP contribution in [0.15, 0.2) is 23.6 Å². The Hall–Kier alpha value is -1.46. The number of thiazole rings is 1. The molecule has 1 aromatic carbocycles. The van der Waals surface area contributed by atoms with E-state index < -0.39 is 5.82 Å². The molecule has 0 unspecified atom stereocenters. The second-order valence-electron chi connectivity index (χ2n) is 4.19. The molecule has 0 saturated carbocycles. The number of halogens is 1. The molecule has 1 heterocycles. The predicted molar refractivity (Wildman–Crippen MR) is 72.8 cm³/mol. The summed E-state index contributed by atoms with van der Waals surface area (Å²) in [5, 5.41) is 11.9. The summed E-state index contributed by atoms with van der Waals surface area (Å²) >= 11 is 1.60. The molecule has 0 atom stereocenters. The molecule has 1 aromatic heterocycles. The zero-order chi connectivity index (χ0) is 13.7. The van der Waals surface area contributed by atoms with Crippen LogP contribution in [0.5, 0.6) is 5.75 Å². The second kappa shape index (κ2) is 6.63. The van der Waals surface area contributed by atoms with Crippen LogP contribution < -0.4 is 4.74 Å². The second-order valence-corrected chi connectivity index (χ2v) is 5.14. The number of hydrogen-bond donors (Lipinski definition) is 1. The maximum Gasteiger partial charge on any atom is 0.165 e. The molecular weight excluding hydrogens is 265 g/mol. The molecule has 5 heteroatoms. The van der Waals surface area contributed by atoms with Gasteiger partial charge in [0, 0.05) is 5.38 Å². The SMILES string of the molecule is CCCc1nc(COc2ccc(CO)cc2F)cs1. The van der Waals surface area contributed by atoms with E-state index in [0.717, 1.165) is 23.5 Å². The molecule has 0 radical (unpaired) electrons. The molecule has 2 rings (SSSR count). The van der Waals surface area contributed by atoms with Gasteiger partial charge in [-0.1, -0.05) is 13.0 Å². The molecule has 3 nitrogen and oxygen atoms in total. The molecular formula is C14H16FNO2S. The van der Waals surface area contributed by atoms with Gasteiger partial charge in [-0.15, -0.1) is 11.3 Å². The molecule has 1 N–H and O–H groups in total. The highest BCUT2D eigenvalue weighted by atomic mass is 32.1. The Morgan fingerprint density at radius 2 is 2.26 bits per heavy atom. The van der Waals surface area contributed by atoms with E-state index in [9.17, 15) is 4.39 Å². The first-order chi connectivity index (χ1) is 9.22. The Morgan fingerprint density at radius 1 is 1.42 bits per heavy atom. The van der Waals surface area contributed by atoms with Crippen LogP contribution in [0.25, 0.3) is 0 Å². The van der Waals surface area contributed by atoms with Crippen molar-refractivity contribution in [3.05, 3.63) is 45.7 Å². The van der Waals surface area contributed by atoms with Gasteiger partial charge in [-0.2, -0.15) is 0 Å². The molecule has 0 aliphatic carbocycles. The van der Waals surface area contributed by atoms with Crippen LogP contribution in [0.3, 0.4) is 0 Å². The van der Waals surface area contributed by atoms with Crippen molar-refractivity contribution in [3.8, 4) is 5.75 Å². The van der Waals surface area contributed by atoms with E-state index in [0.29, 0.717) is 5.56 Å². The van der Waals surface area contributed by atoms with E-state index in [2.05, 4.69) is 11.9 Å². The number of aromatic nitrogens is 1. The zero-order valence-corrected chi connectivity index (χ0v) is 11.5. The zero-order valence-electron chi connectivity index (χ0n) is 10.7. The molecule has 0 saturated heterocycles. The number of aliphatic hydroxyl groups is 1. The van der Waals surface area contributed by atoms with Gasteiger partial charge in [0.05, 0.1) is 17.3 Å². The highest BCUT2D eigenvalue weighted by Crippen LogP contribution is 2.20. The molecule has 0 fully saturated rings. The van der Waals surface area contributed by atoms with Crippen LogP contribution in [-0.4, -0.2) is 10.1 Å². The number of rotatable bonds is 6. The quantitative estimate of drug-likeness (QED) is 0.883. The van der Waals surface area contributed by atoms with E-state index in [4.69, 9.17) is 9.84 Å². The van der Waals surface area contributed by atoms with E-state index in [1.54, 1.807) is 17.4 Å². The maximum absolute atomic E-state index is 13.6. The highest BCUT2D eigenvalue weighted by molar-refractivity contribution is 7.09. The summed E-state index contributed by atoms with van der Waals surface area (Å²) in [4.78, 5) is 4.41. The number of nitrogens with zero attached hydrogens (tertiary/aromatic N) is 1. The minimum absolute atomic E-state index is 0.177. The number of ether oxygens (including phenoxy) is 1. The van der Waals surface area contributed by atoms with Gasteiger partial charge < -0.3 is 9.84 Å². The van der Waals surface area contributed by atoms with Crippen LogP contribution in [-0.2, 0) is 19.6 Å². The fourth-order valence-corrected chi connectivity index (χ4v) is 2.54. The van der Waals surface area contributed by atoms with Crippen LogP contribution in [0.1, 0.15) is 29.6 Å². The van der Waals surface area contributed by atoms with E-state index in [1.165, 1.54) is 12.1 Å². The molecule has 102 valence electrons. The van der Waals surface area contributed by atoms with Crippen molar-refractivity contribution in [1.29, 1.82) is 0 Å². The van der Waals surface area contributed by atoms with Crippen molar-refractivity contribution in [3.63, 3.8) is 0 Å². The summed E-state index contributed by atoms with van der Waals surface area (Å²) in [6, 6.07) is 4.45. The van der Waals surface area contributed by atoms with Crippen molar-refractivity contribution < 1.29 is 14.2 Å². The molecule has 0 aliphatic heterocycles. The normalized spacial score (nSPS) is 10.7. The maximum atomic E-state index is 13.6. The van der Waals surface area contributed by atoms with E-state index >= 15 is 0 Å². The fraction of sp³-hybridized carbons (Fsp3) is 0.357. The van der Waals surface area contributed by atoms with Crippen LogP contribution in [0.4, 0.5) is 4.39 Å². The average Bonchev–Trinajstić information content (AvgIpc) is 2.85. The third-order valence-electron chi connectivity index (χ3n) is 2.62. The third-order valence-corrected chi connectivity index (χ3v) is 3.58. The third kappa shape index (κ3) is 3.75. The predicted octanol–water partition coefficient (Wildman–Crippen LogP) is 3.31. The van der Waals surface area contributed by atoms with Crippen molar-refractivity contribution >= 4 is 11.3 Å². The lowest BCUT2D eigenvalue weighted by Crippen LogP contribution is -1.99. The van der Waals surface area contributed by atoms with Crippen molar-refractivity contribution in [2.75, 3.05) is 0 Å². The molecule has 0 bridgehead atoms. The lowest BCUT2D eigenvalue weighted by Gasteiger charge is -2.06. The number of aryl methyl sites for hydroxylation is 1. The summed E-state index contributed by atoms with van der Waals surface area (Å²) in [6.07, 6.45) is 2.02. The first-order valence-electron chi connectivity index (χ1n) is 6.18. The molecule has 0 aliphatic rings. The Kier molecular flexibility index (Phi) is 4.87. The van der Waals surface area contributed by atoms with Gasteiger partial charge in [0.1, 0.15) is 6.61 Å². The lowest BCUT2D eigenvalue weighted by atomic mass is 10.2. The van der Waals surface area contributed by atoms with Gasteiger partial charge in [-0.05, 0) is 30.5 Å². The topological polar surface area (TPSA) is 42.4 Å². The number of benzene rings is 1. The lowest BCUT2D eigenvalue weighted by molar-refractivity contribution is 0.275. The van der Waals surface area contributed by atoms with Crippen molar-refractivity contribution in [1.82, 2.24) is 4.98 Å². The summed E-state index contributed by atoms with van der Waals surface area (Å²) in [5.74, 6) is -0.280. The van der Waals surface area contributed by atoms with Crippen molar-refractivity contribution in [2.24, 2.45) is 0 Å². The van der Waals surface area contributed by atoms with Crippen LogP contribution in [0.2, 0.25) is 0 Å². The van der Waals surface area contributed by atoms with Gasteiger partial charge in [0.15, 0.2) is 11.6 Å². The van der Waals surface area contributed by atoms with Gasteiger partial charge in [-0.3, -0.25) is 0 Å². The Labute approximate surface area is 115 Å². The van der Waals surface area contributed by atoms with Crippen LogP contribution in [0, 0.1) is 5.82 Å².